The quantitative estimate of drug-likeness (QED) is 0.0626. The molecule has 12 heteroatoms. The van der Waals surface area contributed by atoms with Gasteiger partial charge in [-0.05, 0) is 82.1 Å². The first-order valence-corrected chi connectivity index (χ1v) is 19.3. The number of hydrogen-bond acceptors (Lipinski definition) is 11. The summed E-state index contributed by atoms with van der Waals surface area (Å²) in [6, 6.07) is 6.38. The van der Waals surface area contributed by atoms with Crippen molar-refractivity contribution in [1.82, 2.24) is 0 Å². The maximum Gasteiger partial charge on any atom is 0.338 e. The van der Waals surface area contributed by atoms with Gasteiger partial charge in [0.25, 0.3) is 5.69 Å². The number of nitro groups is 1. The molecule has 268 valence electrons. The van der Waals surface area contributed by atoms with Crippen molar-refractivity contribution >= 4 is 72.1 Å². The fourth-order valence-corrected chi connectivity index (χ4v) is 9.71. The molecule has 4 saturated carbocycles. The number of ketones is 2. The minimum atomic E-state index is -0.505. The predicted molar refractivity (Wildman–Crippen MR) is 194 cm³/mol. The van der Waals surface area contributed by atoms with Gasteiger partial charge >= 0.3 is 11.9 Å². The second-order valence-corrected chi connectivity index (χ2v) is 15.8. The first-order valence-electron chi connectivity index (χ1n) is 18.5. The van der Waals surface area contributed by atoms with Gasteiger partial charge in [-0.1, -0.05) is 61.7 Å². The molecule has 4 aliphatic carbocycles. The maximum absolute atomic E-state index is 14.2. The summed E-state index contributed by atoms with van der Waals surface area (Å²) in [5.41, 5.74) is 1.30. The summed E-state index contributed by atoms with van der Waals surface area (Å²) in [6.45, 7) is 1.85. The average molecular weight is 714 g/mol. The van der Waals surface area contributed by atoms with E-state index in [-0.39, 0.29) is 52.1 Å². The lowest BCUT2D eigenvalue weighted by atomic mass is 9.92. The lowest BCUT2D eigenvalue weighted by Crippen LogP contribution is -2.24. The molecule has 0 atom stereocenters. The highest BCUT2D eigenvalue weighted by Crippen LogP contribution is 2.43. The van der Waals surface area contributed by atoms with Crippen LogP contribution < -0.4 is 0 Å². The number of oxime groups is 2. The van der Waals surface area contributed by atoms with Gasteiger partial charge in [0.15, 0.2) is 0 Å². The van der Waals surface area contributed by atoms with Crippen molar-refractivity contribution in [2.75, 3.05) is 0 Å². The van der Waals surface area contributed by atoms with Gasteiger partial charge in [0.1, 0.15) is 16.1 Å². The molecule has 3 aromatic rings. The second-order valence-electron chi connectivity index (χ2n) is 14.8. The van der Waals surface area contributed by atoms with E-state index in [1.54, 1.807) is 18.2 Å². The summed E-state index contributed by atoms with van der Waals surface area (Å²) in [7, 11) is 0. The predicted octanol–water partition coefficient (Wildman–Crippen LogP) is 9.20. The minimum Gasteiger partial charge on any atom is -0.318 e. The van der Waals surface area contributed by atoms with Crippen molar-refractivity contribution in [3.63, 3.8) is 0 Å². The minimum absolute atomic E-state index is 0.0814. The summed E-state index contributed by atoms with van der Waals surface area (Å²) in [6.07, 6.45) is 13.5. The van der Waals surface area contributed by atoms with Crippen molar-refractivity contribution in [2.45, 2.75) is 110 Å². The van der Waals surface area contributed by atoms with E-state index in [1.165, 1.54) is 17.4 Å². The van der Waals surface area contributed by atoms with Crippen molar-refractivity contribution in [3.8, 4) is 0 Å². The van der Waals surface area contributed by atoms with Gasteiger partial charge in [-0.2, -0.15) is 0 Å². The van der Waals surface area contributed by atoms with Crippen LogP contribution in [0.4, 0.5) is 5.69 Å². The van der Waals surface area contributed by atoms with Crippen LogP contribution >= 0.6 is 11.3 Å². The third-order valence-corrected chi connectivity index (χ3v) is 12.7. The smallest absolute Gasteiger partial charge is 0.318 e. The van der Waals surface area contributed by atoms with Gasteiger partial charge in [0.05, 0.1) is 16.8 Å². The van der Waals surface area contributed by atoms with Gasteiger partial charge < -0.3 is 9.68 Å². The molecule has 0 radical (unpaired) electrons. The molecular weight excluding hydrogens is 671 g/mol. The van der Waals surface area contributed by atoms with Crippen LogP contribution in [0.1, 0.15) is 129 Å². The van der Waals surface area contributed by atoms with E-state index in [4.69, 9.17) is 9.68 Å². The summed E-state index contributed by atoms with van der Waals surface area (Å²) >= 11 is 1.24. The second kappa shape index (κ2) is 15.1. The van der Waals surface area contributed by atoms with Crippen LogP contribution in [0.25, 0.3) is 20.2 Å². The van der Waals surface area contributed by atoms with Crippen molar-refractivity contribution in [2.24, 2.45) is 34.0 Å². The molecule has 1 heterocycles. The van der Waals surface area contributed by atoms with Crippen molar-refractivity contribution in [1.29, 1.82) is 0 Å². The molecule has 4 aliphatic rings. The molecule has 0 aliphatic heterocycles. The summed E-state index contributed by atoms with van der Waals surface area (Å²) in [5, 5.41) is 21.9. The summed E-state index contributed by atoms with van der Waals surface area (Å²) in [4.78, 5) is 76.6. The molecule has 0 unspecified atom stereocenters. The van der Waals surface area contributed by atoms with Crippen LogP contribution in [-0.4, -0.2) is 39.9 Å². The van der Waals surface area contributed by atoms with Crippen LogP contribution in [-0.2, 0) is 19.3 Å². The lowest BCUT2D eigenvalue weighted by molar-refractivity contribution is -0.382. The molecule has 51 heavy (non-hydrogen) atoms. The van der Waals surface area contributed by atoms with E-state index >= 15 is 0 Å². The number of carbonyl (C=O) groups is 4. The van der Waals surface area contributed by atoms with Crippen LogP contribution in [0, 0.1) is 40.7 Å². The van der Waals surface area contributed by atoms with Gasteiger partial charge in [-0.15, -0.1) is 11.3 Å². The molecule has 0 spiro atoms. The highest BCUT2D eigenvalue weighted by Gasteiger charge is 2.33. The molecule has 1 aromatic heterocycles. The Labute approximate surface area is 299 Å². The number of Topliss-reactive ketones (excluding diaryl/α,β-unsaturated/α-hetero) is 2. The summed E-state index contributed by atoms with van der Waals surface area (Å²) < 4.78 is 1.15. The zero-order valence-corrected chi connectivity index (χ0v) is 29.8. The Morgan fingerprint density at radius 2 is 1.02 bits per heavy atom. The largest absolute Gasteiger partial charge is 0.338 e. The van der Waals surface area contributed by atoms with Gasteiger partial charge in [0, 0.05) is 44.5 Å². The standard InChI is InChI=1S/C39H43N3O8S/c1-22-18-27(34(43)32(23-10-2-3-11-23)40-49-38(45)25-14-6-7-15-25)19-29-30-20-28(21-31(42(47)48)37(30)51-36(22)29)35(44)33(24-12-4-5-13-24)41-50-39(46)26-16-8-9-17-26/h18-21,23-26H,2-17H2,1H3/b40-32+,41-33+. The topological polar surface area (TPSA) is 155 Å². The van der Waals surface area contributed by atoms with E-state index in [0.29, 0.717) is 33.9 Å². The highest BCUT2D eigenvalue weighted by atomic mass is 32.1. The fraction of sp³-hybridized carbons (Fsp3) is 0.538. The Morgan fingerprint density at radius 3 is 1.45 bits per heavy atom. The number of thiophene rings is 1. The van der Waals surface area contributed by atoms with Crippen LogP contribution in [0.5, 0.6) is 0 Å². The van der Waals surface area contributed by atoms with E-state index in [9.17, 15) is 29.3 Å². The van der Waals surface area contributed by atoms with E-state index in [2.05, 4.69) is 10.3 Å². The number of benzene rings is 2. The normalized spacial score (nSPS) is 19.8. The molecule has 0 bridgehead atoms. The van der Waals surface area contributed by atoms with Gasteiger partial charge in [0.2, 0.25) is 11.6 Å². The Balaban J connectivity index is 1.27. The Kier molecular flexibility index (Phi) is 10.4. The molecule has 4 fully saturated rings. The number of hydrogen-bond donors (Lipinski definition) is 0. The first-order chi connectivity index (χ1) is 24.7. The third-order valence-electron chi connectivity index (χ3n) is 11.4. The SMILES string of the molecule is Cc1cc(C(=O)/C(=N/OC(=O)C2CCCC2)C2CCCC2)cc2c1sc1c([N+](=O)[O-])cc(C(=O)/C(=N/OC(=O)C3CCCC3)C3CCCC3)cc12. The van der Waals surface area contributed by atoms with Crippen molar-refractivity contribution < 1.29 is 33.8 Å². The highest BCUT2D eigenvalue weighted by molar-refractivity contribution is 7.26. The molecule has 0 saturated heterocycles. The van der Waals surface area contributed by atoms with Gasteiger partial charge in [-0.25, -0.2) is 9.59 Å². The van der Waals surface area contributed by atoms with E-state index in [0.717, 1.165) is 100 Å². The number of nitro benzene ring substituents is 1. The molecule has 11 nitrogen and oxygen atoms in total. The lowest BCUT2D eigenvalue weighted by Gasteiger charge is -2.13. The number of carbonyl (C=O) groups excluding carboxylic acids is 4. The molecular formula is C39H43N3O8S. The molecule has 0 N–H and O–H groups in total. The van der Waals surface area contributed by atoms with Gasteiger partial charge in [-0.3, -0.25) is 19.7 Å². The first kappa shape index (κ1) is 35.1. The molecule has 7 rings (SSSR count). The Hall–Kier alpha value is -4.32. The fourth-order valence-electron chi connectivity index (χ4n) is 8.49. The molecule has 0 amide bonds. The van der Waals surface area contributed by atoms with Crippen molar-refractivity contribution in [3.05, 3.63) is 51.1 Å². The number of rotatable bonds is 11. The zero-order valence-electron chi connectivity index (χ0n) is 28.9. The average Bonchev–Trinajstić information content (AvgIpc) is 3.97. The Bertz CT molecular complexity index is 1960. The number of fused-ring (bicyclic) bond motifs is 3. The van der Waals surface area contributed by atoms with Crippen LogP contribution in [0.15, 0.2) is 34.6 Å². The molecule has 2 aromatic carbocycles. The summed E-state index contributed by atoms with van der Waals surface area (Å²) in [5.74, 6) is -2.47. The maximum atomic E-state index is 14.2. The Morgan fingerprint density at radius 1 is 0.627 bits per heavy atom. The number of aryl methyl sites for hydroxylation is 1. The monoisotopic (exact) mass is 713 g/mol. The van der Waals surface area contributed by atoms with Crippen LogP contribution in [0.3, 0.4) is 0 Å². The number of non-ortho nitro benzene ring substituents is 1. The zero-order chi connectivity index (χ0) is 35.6. The third kappa shape index (κ3) is 7.24. The van der Waals surface area contributed by atoms with E-state index in [1.807, 2.05) is 6.92 Å². The van der Waals surface area contributed by atoms with Crippen LogP contribution in [0.2, 0.25) is 0 Å². The van der Waals surface area contributed by atoms with E-state index < -0.39 is 22.6 Å². The number of nitrogens with zero attached hydrogens (tertiary/aromatic N) is 3.